The van der Waals surface area contributed by atoms with Gasteiger partial charge in [-0.15, -0.1) is 23.1 Å². The van der Waals surface area contributed by atoms with E-state index in [2.05, 4.69) is 21.3 Å². The largest absolute Gasteiger partial charge is 0.331 e. The van der Waals surface area contributed by atoms with Gasteiger partial charge in [0.15, 0.2) is 0 Å². The number of amides is 1. The SMILES string of the molecule is O=C([C@@H]1C[C@H](N2CCC(c3ncsc3-c3ccccn3)CC2)CN1)N1CCSC1. The molecule has 0 unspecified atom stereocenters. The van der Waals surface area contributed by atoms with E-state index in [9.17, 15) is 4.79 Å². The zero-order valence-corrected chi connectivity index (χ0v) is 18.1. The summed E-state index contributed by atoms with van der Waals surface area (Å²) in [6.07, 6.45) is 5.05. The van der Waals surface area contributed by atoms with Crippen LogP contribution in [0.4, 0.5) is 0 Å². The number of pyridine rings is 1. The molecule has 1 amide bonds. The lowest BCUT2D eigenvalue weighted by Gasteiger charge is -2.35. The second-order valence-corrected chi connectivity index (χ2v) is 10.0. The van der Waals surface area contributed by atoms with Crippen molar-refractivity contribution in [1.82, 2.24) is 25.1 Å². The summed E-state index contributed by atoms with van der Waals surface area (Å²) in [6.45, 7) is 4.00. The maximum atomic E-state index is 12.7. The van der Waals surface area contributed by atoms with Gasteiger partial charge in [-0.2, -0.15) is 0 Å². The Kier molecular flexibility index (Phi) is 5.85. The Morgan fingerprint density at radius 2 is 2.07 bits per heavy atom. The molecule has 154 valence electrons. The molecule has 0 saturated carbocycles. The van der Waals surface area contributed by atoms with E-state index in [4.69, 9.17) is 4.98 Å². The molecule has 3 aliphatic heterocycles. The smallest absolute Gasteiger partial charge is 0.240 e. The number of likely N-dealkylation sites (tertiary alicyclic amines) is 1. The molecule has 5 heterocycles. The molecular formula is C21H27N5OS2. The van der Waals surface area contributed by atoms with Crippen molar-refractivity contribution in [2.45, 2.75) is 37.3 Å². The summed E-state index contributed by atoms with van der Waals surface area (Å²) in [5, 5.41) is 3.49. The van der Waals surface area contributed by atoms with E-state index in [0.29, 0.717) is 17.9 Å². The number of nitrogens with zero attached hydrogens (tertiary/aromatic N) is 4. The topological polar surface area (TPSA) is 61.4 Å². The highest BCUT2D eigenvalue weighted by Gasteiger charge is 2.37. The molecule has 8 heteroatoms. The van der Waals surface area contributed by atoms with Gasteiger partial charge < -0.3 is 10.2 Å². The highest BCUT2D eigenvalue weighted by molar-refractivity contribution is 7.99. The van der Waals surface area contributed by atoms with E-state index in [0.717, 1.165) is 62.8 Å². The van der Waals surface area contributed by atoms with Crippen LogP contribution in [-0.4, -0.2) is 75.6 Å². The molecule has 0 radical (unpaired) electrons. The first-order valence-corrected chi connectivity index (χ1v) is 12.5. The molecule has 29 heavy (non-hydrogen) atoms. The van der Waals surface area contributed by atoms with E-state index in [1.165, 1.54) is 10.6 Å². The quantitative estimate of drug-likeness (QED) is 0.806. The molecule has 0 aliphatic carbocycles. The van der Waals surface area contributed by atoms with E-state index in [1.54, 1.807) is 11.3 Å². The van der Waals surface area contributed by atoms with Gasteiger partial charge >= 0.3 is 0 Å². The van der Waals surface area contributed by atoms with Crippen LogP contribution < -0.4 is 5.32 Å². The van der Waals surface area contributed by atoms with Crippen molar-refractivity contribution >= 4 is 29.0 Å². The predicted octanol–water partition coefficient (Wildman–Crippen LogP) is 2.65. The van der Waals surface area contributed by atoms with Gasteiger partial charge in [-0.25, -0.2) is 4.98 Å². The molecule has 0 aromatic carbocycles. The van der Waals surface area contributed by atoms with Crippen LogP contribution >= 0.6 is 23.1 Å². The van der Waals surface area contributed by atoms with Crippen molar-refractivity contribution in [2.75, 3.05) is 37.8 Å². The number of rotatable bonds is 4. The number of piperidine rings is 1. The third-order valence-corrected chi connectivity index (χ3v) is 8.23. The van der Waals surface area contributed by atoms with Gasteiger partial charge in [0.05, 0.1) is 33.7 Å². The van der Waals surface area contributed by atoms with E-state index >= 15 is 0 Å². The third kappa shape index (κ3) is 4.08. The first-order valence-electron chi connectivity index (χ1n) is 10.5. The van der Waals surface area contributed by atoms with Gasteiger partial charge in [0, 0.05) is 37.0 Å². The molecule has 2 aromatic rings. The zero-order valence-electron chi connectivity index (χ0n) is 16.5. The van der Waals surface area contributed by atoms with Gasteiger partial charge in [-0.05, 0) is 44.5 Å². The molecular weight excluding hydrogens is 402 g/mol. The third-order valence-electron chi connectivity index (χ3n) is 6.40. The first kappa shape index (κ1) is 19.5. The summed E-state index contributed by atoms with van der Waals surface area (Å²) in [5.41, 5.74) is 4.21. The normalized spacial score (nSPS) is 26.3. The van der Waals surface area contributed by atoms with Crippen molar-refractivity contribution in [2.24, 2.45) is 0 Å². The summed E-state index contributed by atoms with van der Waals surface area (Å²) < 4.78 is 0. The average Bonchev–Trinajstić information content (AvgIpc) is 3.56. The Bertz CT molecular complexity index is 831. The molecule has 2 atom stereocenters. The summed E-state index contributed by atoms with van der Waals surface area (Å²) in [7, 11) is 0. The summed E-state index contributed by atoms with van der Waals surface area (Å²) in [5.74, 6) is 2.74. The second-order valence-electron chi connectivity index (χ2n) is 8.08. The van der Waals surface area contributed by atoms with Crippen LogP contribution in [0.2, 0.25) is 0 Å². The molecule has 3 fully saturated rings. The highest BCUT2D eigenvalue weighted by atomic mass is 32.2. The fraction of sp³-hybridized carbons (Fsp3) is 0.571. The average molecular weight is 430 g/mol. The standard InChI is InChI=1S/C21H27N5OS2/c27-21(26-9-10-28-14-26)18-11-16(12-23-18)25-7-4-15(5-8-25)19-20(29-13-24-19)17-3-1-2-6-22-17/h1-3,6,13,15-16,18,23H,4-5,7-12,14H2/t16-,18-/m0/s1. The van der Waals surface area contributed by atoms with Gasteiger partial charge in [-0.1, -0.05) is 6.07 Å². The van der Waals surface area contributed by atoms with Crippen LogP contribution in [-0.2, 0) is 4.79 Å². The number of hydrogen-bond donors (Lipinski definition) is 1. The lowest BCUT2D eigenvalue weighted by Crippen LogP contribution is -2.42. The number of nitrogens with one attached hydrogen (secondary N) is 1. The fourth-order valence-electron chi connectivity index (χ4n) is 4.76. The molecule has 1 N–H and O–H groups in total. The summed E-state index contributed by atoms with van der Waals surface area (Å²) in [4.78, 5) is 27.7. The van der Waals surface area contributed by atoms with Gasteiger partial charge in [0.1, 0.15) is 0 Å². The second kappa shape index (κ2) is 8.71. The van der Waals surface area contributed by atoms with Crippen molar-refractivity contribution in [3.63, 3.8) is 0 Å². The molecule has 0 spiro atoms. The Hall–Kier alpha value is -1.48. The number of thioether (sulfide) groups is 1. The van der Waals surface area contributed by atoms with Gasteiger partial charge in [0.2, 0.25) is 5.91 Å². The molecule has 0 bridgehead atoms. The van der Waals surface area contributed by atoms with E-state index < -0.39 is 0 Å². The molecule has 5 rings (SSSR count). The number of carbonyl (C=O) groups excluding carboxylic acids is 1. The lowest BCUT2D eigenvalue weighted by atomic mass is 9.91. The minimum atomic E-state index is 0.00530. The Morgan fingerprint density at radius 1 is 1.17 bits per heavy atom. The minimum Gasteiger partial charge on any atom is -0.331 e. The van der Waals surface area contributed by atoms with Crippen LogP contribution in [0.3, 0.4) is 0 Å². The van der Waals surface area contributed by atoms with Gasteiger partial charge in [-0.3, -0.25) is 14.7 Å². The fourth-order valence-corrected chi connectivity index (χ4v) is 6.57. The molecule has 2 aromatic heterocycles. The maximum absolute atomic E-state index is 12.7. The van der Waals surface area contributed by atoms with Crippen molar-refractivity contribution < 1.29 is 4.79 Å². The Morgan fingerprint density at radius 3 is 2.83 bits per heavy atom. The number of thiazole rings is 1. The van der Waals surface area contributed by atoms with E-state index in [-0.39, 0.29) is 6.04 Å². The molecule has 3 aliphatic rings. The monoisotopic (exact) mass is 429 g/mol. The van der Waals surface area contributed by atoms with Crippen molar-refractivity contribution in [1.29, 1.82) is 0 Å². The van der Waals surface area contributed by atoms with Crippen LogP contribution in [0.15, 0.2) is 29.9 Å². The lowest BCUT2D eigenvalue weighted by molar-refractivity contribution is -0.131. The van der Waals surface area contributed by atoms with E-state index in [1.807, 2.05) is 40.5 Å². The van der Waals surface area contributed by atoms with Crippen LogP contribution in [0.5, 0.6) is 0 Å². The van der Waals surface area contributed by atoms with Crippen LogP contribution in [0.1, 0.15) is 30.9 Å². The van der Waals surface area contributed by atoms with Crippen LogP contribution in [0.25, 0.3) is 10.6 Å². The summed E-state index contributed by atoms with van der Waals surface area (Å²) >= 11 is 3.55. The summed E-state index contributed by atoms with van der Waals surface area (Å²) in [6, 6.07) is 6.56. The first-order chi connectivity index (χ1) is 14.3. The molecule has 3 saturated heterocycles. The minimum absolute atomic E-state index is 0.00530. The Labute approximate surface area is 180 Å². The predicted molar refractivity (Wildman–Crippen MR) is 118 cm³/mol. The van der Waals surface area contributed by atoms with Crippen LogP contribution in [0, 0.1) is 0 Å². The van der Waals surface area contributed by atoms with Gasteiger partial charge in [0.25, 0.3) is 0 Å². The number of carbonyl (C=O) groups is 1. The number of aromatic nitrogens is 2. The van der Waals surface area contributed by atoms with Crippen molar-refractivity contribution in [3.05, 3.63) is 35.6 Å². The highest BCUT2D eigenvalue weighted by Crippen LogP contribution is 2.37. The maximum Gasteiger partial charge on any atom is 0.240 e. The zero-order chi connectivity index (χ0) is 19.6. The Balaban J connectivity index is 1.18. The number of hydrogen-bond acceptors (Lipinski definition) is 7. The molecule has 6 nitrogen and oxygen atoms in total. The van der Waals surface area contributed by atoms with Crippen molar-refractivity contribution in [3.8, 4) is 10.6 Å².